The maximum absolute atomic E-state index is 11.7. The third kappa shape index (κ3) is 3.22. The molecule has 0 aromatic heterocycles. The summed E-state index contributed by atoms with van der Waals surface area (Å²) in [6.45, 7) is 1.66. The fourth-order valence-corrected chi connectivity index (χ4v) is 2.07. The van der Waals surface area contributed by atoms with E-state index in [4.69, 9.17) is 4.74 Å². The molecule has 0 amide bonds. The van der Waals surface area contributed by atoms with E-state index < -0.39 is 12.1 Å². The zero-order valence-corrected chi connectivity index (χ0v) is 10.8. The van der Waals surface area contributed by atoms with Gasteiger partial charge in [-0.15, -0.1) is 0 Å². The van der Waals surface area contributed by atoms with Crippen LogP contribution in [0.2, 0.25) is 0 Å². The lowest BCUT2D eigenvalue weighted by Crippen LogP contribution is -2.31. The zero-order valence-electron chi connectivity index (χ0n) is 10.8. The topological polar surface area (TPSA) is 63.6 Å². The number of carbonyl (C=O) groups excluding carboxylic acids is 2. The number of hydrogen-bond acceptors (Lipinski definition) is 4. The predicted molar refractivity (Wildman–Crippen MR) is 69.6 cm³/mol. The second-order valence-electron chi connectivity index (χ2n) is 4.65. The van der Waals surface area contributed by atoms with Crippen molar-refractivity contribution in [1.29, 1.82) is 0 Å². The summed E-state index contributed by atoms with van der Waals surface area (Å²) in [6.07, 6.45) is 0.558. The number of ether oxygens (including phenoxy) is 1. The summed E-state index contributed by atoms with van der Waals surface area (Å²) in [6, 6.07) is 9.58. The Hall–Kier alpha value is -2.10. The molecule has 1 saturated heterocycles. The van der Waals surface area contributed by atoms with Gasteiger partial charge in [0.25, 0.3) is 0 Å². The lowest BCUT2D eigenvalue weighted by atomic mass is 9.99. The number of cyclic esters (lactones) is 1. The number of aliphatic hydroxyl groups excluding tert-OH is 1. The Morgan fingerprint density at radius 3 is 2.63 bits per heavy atom. The normalized spacial score (nSPS) is 22.1. The minimum Gasteiger partial charge on any atom is -0.511 e. The van der Waals surface area contributed by atoms with E-state index in [1.807, 2.05) is 30.3 Å². The lowest BCUT2D eigenvalue weighted by Gasteiger charge is -2.20. The molecule has 1 aromatic rings. The zero-order chi connectivity index (χ0) is 13.8. The highest BCUT2D eigenvalue weighted by molar-refractivity contribution is 6.19. The molecule has 1 N–H and O–H groups in total. The Morgan fingerprint density at radius 2 is 2.00 bits per heavy atom. The first-order valence-electron chi connectivity index (χ1n) is 6.28. The van der Waals surface area contributed by atoms with Gasteiger partial charge in [-0.25, -0.2) is 4.79 Å². The van der Waals surface area contributed by atoms with E-state index in [0.29, 0.717) is 6.42 Å². The summed E-state index contributed by atoms with van der Waals surface area (Å²) in [5, 5.41) is 9.92. The fraction of sp³-hybridized carbons (Fsp3) is 0.333. The number of aryl methyl sites for hydroxylation is 1. The van der Waals surface area contributed by atoms with Crippen LogP contribution in [0, 0.1) is 0 Å². The van der Waals surface area contributed by atoms with Gasteiger partial charge < -0.3 is 9.84 Å². The molecule has 1 aromatic carbocycles. The number of ketones is 1. The van der Waals surface area contributed by atoms with Crippen LogP contribution in [0.4, 0.5) is 0 Å². The summed E-state index contributed by atoms with van der Waals surface area (Å²) in [5.41, 5.74) is 0.855. The summed E-state index contributed by atoms with van der Waals surface area (Å²) in [4.78, 5) is 23.4. The Balaban J connectivity index is 2.09. The minimum atomic E-state index is -0.714. The Labute approximate surface area is 111 Å². The van der Waals surface area contributed by atoms with E-state index in [9.17, 15) is 14.7 Å². The first-order valence-corrected chi connectivity index (χ1v) is 6.28. The van der Waals surface area contributed by atoms with E-state index in [0.717, 1.165) is 5.56 Å². The quantitative estimate of drug-likeness (QED) is 0.392. The molecule has 0 spiro atoms. The van der Waals surface area contributed by atoms with Crippen LogP contribution in [0.1, 0.15) is 25.3 Å². The Kier molecular flexibility index (Phi) is 4.00. The average Bonchev–Trinajstić information content (AvgIpc) is 2.36. The first kappa shape index (κ1) is 13.3. The SMILES string of the molecule is C[C@@H]1CC(=O)/C(=C(\O)CCc2ccccc2)C(=O)O1. The number of rotatable bonds is 3. The highest BCUT2D eigenvalue weighted by atomic mass is 16.5. The van der Waals surface area contributed by atoms with Crippen LogP contribution in [-0.2, 0) is 20.7 Å². The number of Topliss-reactive ketones (excluding diaryl/α,β-unsaturated/α-hetero) is 1. The molecule has 19 heavy (non-hydrogen) atoms. The smallest absolute Gasteiger partial charge is 0.345 e. The summed E-state index contributed by atoms with van der Waals surface area (Å²) in [5.74, 6) is -1.23. The van der Waals surface area contributed by atoms with Crippen molar-refractivity contribution in [3.8, 4) is 0 Å². The lowest BCUT2D eigenvalue weighted by molar-refractivity contribution is -0.150. The summed E-state index contributed by atoms with van der Waals surface area (Å²) < 4.78 is 4.96. The molecular weight excluding hydrogens is 244 g/mol. The monoisotopic (exact) mass is 260 g/mol. The van der Waals surface area contributed by atoms with Gasteiger partial charge in [0.1, 0.15) is 17.4 Å². The maximum atomic E-state index is 11.7. The number of benzene rings is 1. The molecule has 1 aliphatic rings. The minimum absolute atomic E-state index is 0.135. The molecule has 1 heterocycles. The second-order valence-corrected chi connectivity index (χ2v) is 4.65. The maximum Gasteiger partial charge on any atom is 0.345 e. The molecule has 2 rings (SSSR count). The van der Waals surface area contributed by atoms with Gasteiger partial charge in [0.05, 0.1) is 0 Å². The van der Waals surface area contributed by atoms with E-state index in [1.54, 1.807) is 6.92 Å². The van der Waals surface area contributed by atoms with Crippen molar-refractivity contribution in [3.05, 3.63) is 47.2 Å². The molecule has 100 valence electrons. The highest BCUT2D eigenvalue weighted by Gasteiger charge is 2.32. The van der Waals surface area contributed by atoms with Crippen molar-refractivity contribution in [2.45, 2.75) is 32.3 Å². The van der Waals surface area contributed by atoms with Gasteiger partial charge in [0, 0.05) is 12.8 Å². The number of esters is 1. The molecule has 0 radical (unpaired) electrons. The molecule has 0 aliphatic carbocycles. The average molecular weight is 260 g/mol. The molecule has 0 bridgehead atoms. The predicted octanol–water partition coefficient (Wildman–Crippen LogP) is 2.34. The van der Waals surface area contributed by atoms with Crippen LogP contribution < -0.4 is 0 Å². The van der Waals surface area contributed by atoms with Gasteiger partial charge in [0.15, 0.2) is 5.78 Å². The van der Waals surface area contributed by atoms with Crippen LogP contribution in [0.15, 0.2) is 41.7 Å². The number of allylic oxidation sites excluding steroid dienone is 1. The highest BCUT2D eigenvalue weighted by Crippen LogP contribution is 2.20. The van der Waals surface area contributed by atoms with E-state index in [-0.39, 0.29) is 30.0 Å². The van der Waals surface area contributed by atoms with Gasteiger partial charge in [-0.05, 0) is 18.9 Å². The molecule has 0 saturated carbocycles. The van der Waals surface area contributed by atoms with Crippen LogP contribution >= 0.6 is 0 Å². The molecule has 4 nitrogen and oxygen atoms in total. The van der Waals surface area contributed by atoms with Crippen molar-refractivity contribution < 1.29 is 19.4 Å². The first-order chi connectivity index (χ1) is 9.08. The summed E-state index contributed by atoms with van der Waals surface area (Å²) in [7, 11) is 0. The van der Waals surface area contributed by atoms with Gasteiger partial charge in [-0.1, -0.05) is 30.3 Å². The van der Waals surface area contributed by atoms with Crippen molar-refractivity contribution in [2.75, 3.05) is 0 Å². The van der Waals surface area contributed by atoms with Crippen LogP contribution in [0.5, 0.6) is 0 Å². The third-order valence-corrected chi connectivity index (χ3v) is 3.05. The third-order valence-electron chi connectivity index (χ3n) is 3.05. The van der Waals surface area contributed by atoms with Crippen molar-refractivity contribution in [2.24, 2.45) is 0 Å². The number of carbonyl (C=O) groups is 2. The molecule has 1 atom stereocenters. The second kappa shape index (κ2) is 5.69. The standard InChI is InChI=1S/C15H16O4/c1-10-9-13(17)14(15(18)19-10)12(16)8-7-11-5-3-2-4-6-11/h2-6,10,16H,7-9H2,1H3/b14-12+/t10-/m1/s1. The van der Waals surface area contributed by atoms with E-state index >= 15 is 0 Å². The van der Waals surface area contributed by atoms with Crippen molar-refractivity contribution in [3.63, 3.8) is 0 Å². The van der Waals surface area contributed by atoms with Gasteiger partial charge in [0.2, 0.25) is 0 Å². The molecule has 1 aliphatic heterocycles. The van der Waals surface area contributed by atoms with Gasteiger partial charge >= 0.3 is 5.97 Å². The molecule has 1 fully saturated rings. The molecule has 4 heteroatoms. The van der Waals surface area contributed by atoms with Gasteiger partial charge in [-0.3, -0.25) is 4.79 Å². The van der Waals surface area contributed by atoms with Crippen molar-refractivity contribution >= 4 is 11.8 Å². The van der Waals surface area contributed by atoms with Crippen LogP contribution in [-0.4, -0.2) is 23.0 Å². The Bertz CT molecular complexity index is 496. The molecule has 0 unspecified atom stereocenters. The molecular formula is C15H16O4. The van der Waals surface area contributed by atoms with Crippen LogP contribution in [0.3, 0.4) is 0 Å². The van der Waals surface area contributed by atoms with Crippen LogP contribution in [0.25, 0.3) is 0 Å². The summed E-state index contributed by atoms with van der Waals surface area (Å²) >= 11 is 0. The number of hydrogen-bond donors (Lipinski definition) is 1. The van der Waals surface area contributed by atoms with E-state index in [1.165, 1.54) is 0 Å². The fourth-order valence-electron chi connectivity index (χ4n) is 2.07. The van der Waals surface area contributed by atoms with Crippen molar-refractivity contribution in [1.82, 2.24) is 0 Å². The number of aliphatic hydroxyl groups is 1. The largest absolute Gasteiger partial charge is 0.511 e. The van der Waals surface area contributed by atoms with E-state index in [2.05, 4.69) is 0 Å². The van der Waals surface area contributed by atoms with Gasteiger partial charge in [-0.2, -0.15) is 0 Å². The Morgan fingerprint density at radius 1 is 1.32 bits per heavy atom.